The Morgan fingerprint density at radius 2 is 1.97 bits per heavy atom. The second kappa shape index (κ2) is 10.3. The quantitative estimate of drug-likeness (QED) is 0.647. The van der Waals surface area contributed by atoms with Gasteiger partial charge in [-0.25, -0.2) is 0 Å². The van der Waals surface area contributed by atoms with Crippen molar-refractivity contribution in [2.45, 2.75) is 51.2 Å². The van der Waals surface area contributed by atoms with Gasteiger partial charge in [0.2, 0.25) is 11.8 Å². The van der Waals surface area contributed by atoms with Crippen molar-refractivity contribution in [3.8, 4) is 11.5 Å². The molecule has 0 radical (unpaired) electrons. The number of hydrogen-bond acceptors (Lipinski definition) is 5. The van der Waals surface area contributed by atoms with Gasteiger partial charge in [-0.3, -0.25) is 9.59 Å². The molecule has 7 heteroatoms. The normalized spacial score (nSPS) is 20.4. The number of amides is 2. The van der Waals surface area contributed by atoms with E-state index in [-0.39, 0.29) is 30.6 Å². The number of carbonyl (C=O) groups is 2. The van der Waals surface area contributed by atoms with Crippen molar-refractivity contribution < 1.29 is 23.8 Å². The fraction of sp³-hybridized carbons (Fsp3) is 0.462. The van der Waals surface area contributed by atoms with E-state index in [1.807, 2.05) is 42.5 Å². The lowest BCUT2D eigenvalue weighted by Crippen LogP contribution is -2.34. The van der Waals surface area contributed by atoms with E-state index in [0.717, 1.165) is 24.1 Å². The van der Waals surface area contributed by atoms with Crippen LogP contribution in [0.2, 0.25) is 0 Å². The Morgan fingerprint density at radius 1 is 1.18 bits per heavy atom. The molecule has 2 atom stereocenters. The molecule has 33 heavy (non-hydrogen) atoms. The Labute approximate surface area is 195 Å². The van der Waals surface area contributed by atoms with Gasteiger partial charge in [0.1, 0.15) is 0 Å². The van der Waals surface area contributed by atoms with Gasteiger partial charge in [0.25, 0.3) is 0 Å². The van der Waals surface area contributed by atoms with Crippen LogP contribution in [-0.2, 0) is 14.3 Å². The first-order valence-corrected chi connectivity index (χ1v) is 11.6. The number of methoxy groups -OCH3 is 1. The average molecular weight is 453 g/mol. The van der Waals surface area contributed by atoms with Crippen LogP contribution < -0.4 is 14.8 Å². The number of rotatable bonds is 8. The number of ether oxygens (including phenoxy) is 3. The summed E-state index contributed by atoms with van der Waals surface area (Å²) in [6.45, 7) is 5.48. The molecule has 0 bridgehead atoms. The Bertz CT molecular complexity index is 983. The van der Waals surface area contributed by atoms with Gasteiger partial charge in [-0.1, -0.05) is 32.0 Å². The Morgan fingerprint density at radius 3 is 2.64 bits per heavy atom. The first-order valence-electron chi connectivity index (χ1n) is 11.6. The minimum atomic E-state index is -0.269. The molecular weight excluding hydrogens is 420 g/mol. The maximum Gasteiger partial charge on any atom is 0.243 e. The number of hydrogen-bond donors (Lipinski definition) is 1. The Balaban J connectivity index is 1.37. The average Bonchev–Trinajstić information content (AvgIpc) is 3.44. The molecule has 176 valence electrons. The van der Waals surface area contributed by atoms with Crippen LogP contribution in [-0.4, -0.2) is 49.8 Å². The molecule has 2 amide bonds. The SMILES string of the molecule is COc1ccc([C@@H]2CC(=O)N(CC(=O)Nc3ccc(C(C)C)cc3)C2)cc1OC1CCCO1. The lowest BCUT2D eigenvalue weighted by Gasteiger charge is -2.19. The summed E-state index contributed by atoms with van der Waals surface area (Å²) in [6, 6.07) is 13.6. The maximum atomic E-state index is 12.6. The molecule has 0 spiro atoms. The summed E-state index contributed by atoms with van der Waals surface area (Å²) < 4.78 is 17.0. The lowest BCUT2D eigenvalue weighted by molar-refractivity contribution is -0.131. The summed E-state index contributed by atoms with van der Waals surface area (Å²) in [5.41, 5.74) is 2.94. The van der Waals surface area contributed by atoms with Gasteiger partial charge >= 0.3 is 0 Å². The smallest absolute Gasteiger partial charge is 0.243 e. The maximum absolute atomic E-state index is 12.6. The second-order valence-electron chi connectivity index (χ2n) is 8.97. The molecule has 0 saturated carbocycles. The van der Waals surface area contributed by atoms with E-state index in [0.29, 0.717) is 37.0 Å². The van der Waals surface area contributed by atoms with Gasteiger partial charge < -0.3 is 24.4 Å². The molecule has 2 aliphatic heterocycles. The fourth-order valence-corrected chi connectivity index (χ4v) is 4.30. The molecule has 0 aliphatic carbocycles. The van der Waals surface area contributed by atoms with E-state index in [1.165, 1.54) is 5.56 Å². The number of nitrogens with zero attached hydrogens (tertiary/aromatic N) is 1. The van der Waals surface area contributed by atoms with E-state index in [9.17, 15) is 9.59 Å². The van der Waals surface area contributed by atoms with E-state index in [2.05, 4.69) is 19.2 Å². The van der Waals surface area contributed by atoms with E-state index < -0.39 is 0 Å². The first kappa shape index (κ1) is 23.1. The minimum absolute atomic E-state index is 0.00613. The van der Waals surface area contributed by atoms with E-state index in [4.69, 9.17) is 14.2 Å². The molecule has 2 heterocycles. The van der Waals surface area contributed by atoms with Gasteiger partial charge in [0, 0.05) is 31.0 Å². The monoisotopic (exact) mass is 452 g/mol. The second-order valence-corrected chi connectivity index (χ2v) is 8.97. The first-order chi connectivity index (χ1) is 15.9. The van der Waals surface area contributed by atoms with Crippen LogP contribution in [0.25, 0.3) is 0 Å². The fourth-order valence-electron chi connectivity index (χ4n) is 4.30. The number of carbonyl (C=O) groups excluding carboxylic acids is 2. The highest BCUT2D eigenvalue weighted by molar-refractivity contribution is 5.95. The molecule has 7 nitrogen and oxygen atoms in total. The zero-order valence-electron chi connectivity index (χ0n) is 19.5. The number of benzene rings is 2. The highest BCUT2D eigenvalue weighted by Gasteiger charge is 2.32. The third-order valence-electron chi connectivity index (χ3n) is 6.22. The topological polar surface area (TPSA) is 77.1 Å². The number of nitrogens with one attached hydrogen (secondary N) is 1. The molecule has 1 unspecified atom stereocenters. The van der Waals surface area contributed by atoms with Crippen molar-refractivity contribution in [2.75, 3.05) is 32.1 Å². The van der Waals surface area contributed by atoms with Gasteiger partial charge in [0.15, 0.2) is 17.8 Å². The third kappa shape index (κ3) is 5.66. The van der Waals surface area contributed by atoms with Gasteiger partial charge in [-0.05, 0) is 47.7 Å². The summed E-state index contributed by atoms with van der Waals surface area (Å²) in [5, 5.41) is 2.89. The van der Waals surface area contributed by atoms with Gasteiger partial charge in [-0.15, -0.1) is 0 Å². The van der Waals surface area contributed by atoms with Gasteiger partial charge in [0.05, 0.1) is 20.3 Å². The largest absolute Gasteiger partial charge is 0.493 e. The molecule has 2 fully saturated rings. The zero-order chi connectivity index (χ0) is 23.4. The van der Waals surface area contributed by atoms with Crippen molar-refractivity contribution >= 4 is 17.5 Å². The summed E-state index contributed by atoms with van der Waals surface area (Å²) in [4.78, 5) is 26.8. The van der Waals surface area contributed by atoms with E-state index in [1.54, 1.807) is 12.0 Å². The van der Waals surface area contributed by atoms with Crippen LogP contribution in [0, 0.1) is 0 Å². The molecule has 2 saturated heterocycles. The predicted octanol–water partition coefficient (Wildman–Crippen LogP) is 4.29. The summed E-state index contributed by atoms with van der Waals surface area (Å²) in [7, 11) is 1.60. The van der Waals surface area contributed by atoms with Crippen molar-refractivity contribution in [1.29, 1.82) is 0 Å². The number of likely N-dealkylation sites (tertiary alicyclic amines) is 1. The zero-order valence-corrected chi connectivity index (χ0v) is 19.5. The van der Waals surface area contributed by atoms with Crippen molar-refractivity contribution in [1.82, 2.24) is 4.90 Å². The number of anilines is 1. The van der Waals surface area contributed by atoms with Crippen molar-refractivity contribution in [2.24, 2.45) is 0 Å². The third-order valence-corrected chi connectivity index (χ3v) is 6.22. The van der Waals surface area contributed by atoms with Gasteiger partial charge in [-0.2, -0.15) is 0 Å². The standard InChI is InChI=1S/C26H32N2O5/c1-17(2)18-6-9-21(10-7-18)27-24(29)16-28-15-20(14-25(28)30)19-8-11-22(31-3)23(13-19)33-26-5-4-12-32-26/h6-11,13,17,20,26H,4-5,12,14-16H2,1-3H3,(H,27,29)/t20-,26?/m1/s1. The Kier molecular flexibility index (Phi) is 7.18. The van der Waals surface area contributed by atoms with Crippen LogP contribution >= 0.6 is 0 Å². The van der Waals surface area contributed by atoms with Crippen molar-refractivity contribution in [3.63, 3.8) is 0 Å². The van der Waals surface area contributed by atoms with Crippen molar-refractivity contribution in [3.05, 3.63) is 53.6 Å². The molecular formula is C26H32N2O5. The van der Waals surface area contributed by atoms with Crippen LogP contribution in [0.1, 0.15) is 56.1 Å². The van der Waals surface area contributed by atoms with Crippen LogP contribution in [0.4, 0.5) is 5.69 Å². The molecule has 2 aromatic rings. The summed E-state index contributed by atoms with van der Waals surface area (Å²) in [6.07, 6.45) is 1.91. The molecule has 1 N–H and O–H groups in total. The molecule has 2 aromatic carbocycles. The van der Waals surface area contributed by atoms with Crippen LogP contribution in [0.5, 0.6) is 11.5 Å². The summed E-state index contributed by atoms with van der Waals surface area (Å²) in [5.74, 6) is 1.46. The molecule has 2 aliphatic rings. The predicted molar refractivity (Wildman–Crippen MR) is 126 cm³/mol. The molecule has 0 aromatic heterocycles. The highest BCUT2D eigenvalue weighted by Crippen LogP contribution is 2.36. The summed E-state index contributed by atoms with van der Waals surface area (Å²) >= 11 is 0. The van der Waals surface area contributed by atoms with E-state index >= 15 is 0 Å². The lowest BCUT2D eigenvalue weighted by atomic mass is 9.98. The molecule has 4 rings (SSSR count). The highest BCUT2D eigenvalue weighted by atomic mass is 16.7. The van der Waals surface area contributed by atoms with Crippen LogP contribution in [0.3, 0.4) is 0 Å². The van der Waals surface area contributed by atoms with Crippen LogP contribution in [0.15, 0.2) is 42.5 Å². The Hall–Kier alpha value is -3.06. The minimum Gasteiger partial charge on any atom is -0.493 e.